The van der Waals surface area contributed by atoms with Gasteiger partial charge in [0.2, 0.25) is 0 Å². The van der Waals surface area contributed by atoms with Crippen LogP contribution in [0.25, 0.3) is 0 Å². The van der Waals surface area contributed by atoms with Gasteiger partial charge in [-0.25, -0.2) is 4.39 Å². The Kier molecular flexibility index (Phi) is 5.43. The van der Waals surface area contributed by atoms with E-state index in [2.05, 4.69) is 15.9 Å². The van der Waals surface area contributed by atoms with E-state index in [1.807, 2.05) is 18.4 Å². The van der Waals surface area contributed by atoms with Crippen LogP contribution in [0.4, 0.5) is 4.39 Å². The zero-order valence-corrected chi connectivity index (χ0v) is 13.9. The second kappa shape index (κ2) is 6.89. The van der Waals surface area contributed by atoms with Gasteiger partial charge in [0.05, 0.1) is 5.02 Å². The summed E-state index contributed by atoms with van der Waals surface area (Å²) in [5.74, 6) is 0.0454. The zero-order chi connectivity index (χ0) is 14.7. The van der Waals surface area contributed by atoms with Gasteiger partial charge in [0.15, 0.2) is 0 Å². The fourth-order valence-corrected chi connectivity index (χ4v) is 3.46. The molecule has 2 rings (SSSR count). The highest BCUT2D eigenvalue weighted by Crippen LogP contribution is 2.33. The van der Waals surface area contributed by atoms with Crippen molar-refractivity contribution >= 4 is 38.9 Å². The van der Waals surface area contributed by atoms with E-state index in [0.29, 0.717) is 5.75 Å². The smallest absolute Gasteiger partial charge is 0.148 e. The highest BCUT2D eigenvalue weighted by atomic mass is 79.9. The van der Waals surface area contributed by atoms with Gasteiger partial charge in [-0.3, -0.25) is 0 Å². The summed E-state index contributed by atoms with van der Waals surface area (Å²) in [6, 6.07) is 6.14. The Balaban J connectivity index is 2.25. The van der Waals surface area contributed by atoms with Crippen molar-refractivity contribution in [1.82, 2.24) is 0 Å². The third kappa shape index (κ3) is 3.73. The van der Waals surface area contributed by atoms with Crippen LogP contribution in [-0.4, -0.2) is 6.04 Å². The van der Waals surface area contributed by atoms with Crippen molar-refractivity contribution in [3.63, 3.8) is 0 Å². The zero-order valence-electron chi connectivity index (χ0n) is 10.8. The number of hydrogen-bond acceptors (Lipinski definition) is 3. The fraction of sp³-hybridized carbons (Fsp3) is 0.286. The Bertz CT molecular complexity index is 592. The summed E-state index contributed by atoms with van der Waals surface area (Å²) in [4.78, 5) is 1.02. The Morgan fingerprint density at radius 1 is 1.45 bits per heavy atom. The van der Waals surface area contributed by atoms with Crippen molar-refractivity contribution in [2.24, 2.45) is 5.73 Å². The third-order valence-corrected chi connectivity index (χ3v) is 4.93. The number of ether oxygens (including phenoxy) is 1. The van der Waals surface area contributed by atoms with Gasteiger partial charge in [0, 0.05) is 26.8 Å². The molecule has 2 atom stereocenters. The van der Waals surface area contributed by atoms with Crippen LogP contribution in [0, 0.1) is 5.82 Å². The molecule has 0 fully saturated rings. The number of benzene rings is 1. The molecule has 1 aromatic heterocycles. The van der Waals surface area contributed by atoms with E-state index >= 15 is 0 Å². The summed E-state index contributed by atoms with van der Waals surface area (Å²) in [5.41, 5.74) is 6.13. The standard InChI is InChI=1S/C14H14BrClFNOS/c1-2-12(18)14(13-5-8(15)7-20-13)19-9-3-4-11(17)10(16)6-9/h3-7,12,14H,2,18H2,1H3. The van der Waals surface area contributed by atoms with Gasteiger partial charge in [0.25, 0.3) is 0 Å². The largest absolute Gasteiger partial charge is 0.483 e. The second-order valence-corrected chi connectivity index (χ2v) is 6.62. The van der Waals surface area contributed by atoms with Crippen LogP contribution in [0.1, 0.15) is 24.3 Å². The first kappa shape index (κ1) is 15.8. The predicted molar refractivity (Wildman–Crippen MR) is 85.1 cm³/mol. The molecule has 0 radical (unpaired) electrons. The molecule has 0 bridgehead atoms. The summed E-state index contributed by atoms with van der Waals surface area (Å²) in [6.07, 6.45) is 0.493. The normalized spacial score (nSPS) is 14.1. The van der Waals surface area contributed by atoms with Crippen LogP contribution < -0.4 is 10.5 Å². The van der Waals surface area contributed by atoms with Crippen molar-refractivity contribution < 1.29 is 9.13 Å². The summed E-state index contributed by atoms with van der Waals surface area (Å²) < 4.78 is 20.1. The molecule has 2 nitrogen and oxygen atoms in total. The molecule has 0 amide bonds. The van der Waals surface area contributed by atoms with Crippen molar-refractivity contribution in [3.8, 4) is 5.75 Å². The molecular formula is C14H14BrClFNOS. The SMILES string of the molecule is CCC(N)C(Oc1ccc(F)c(Cl)c1)c1cc(Br)cs1. The van der Waals surface area contributed by atoms with E-state index in [-0.39, 0.29) is 17.2 Å². The van der Waals surface area contributed by atoms with E-state index in [1.165, 1.54) is 12.1 Å². The van der Waals surface area contributed by atoms with Crippen LogP contribution >= 0.6 is 38.9 Å². The third-order valence-electron chi connectivity index (χ3n) is 2.88. The number of halogens is 3. The molecule has 0 aliphatic rings. The first-order chi connectivity index (χ1) is 9.51. The van der Waals surface area contributed by atoms with Crippen LogP contribution in [0.15, 0.2) is 34.1 Å². The van der Waals surface area contributed by atoms with Crippen molar-refractivity contribution in [2.75, 3.05) is 0 Å². The Morgan fingerprint density at radius 2 is 2.20 bits per heavy atom. The highest BCUT2D eigenvalue weighted by molar-refractivity contribution is 9.10. The number of thiophene rings is 1. The summed E-state index contributed by atoms with van der Waals surface area (Å²) in [6.45, 7) is 2.00. The lowest BCUT2D eigenvalue weighted by Crippen LogP contribution is -2.30. The van der Waals surface area contributed by atoms with Gasteiger partial charge in [-0.2, -0.15) is 0 Å². The lowest BCUT2D eigenvalue weighted by atomic mass is 10.1. The molecule has 0 saturated carbocycles. The average Bonchev–Trinajstić information content (AvgIpc) is 2.85. The van der Waals surface area contributed by atoms with E-state index in [9.17, 15) is 4.39 Å². The predicted octanol–water partition coefficient (Wildman–Crippen LogP) is 5.16. The summed E-state index contributed by atoms with van der Waals surface area (Å²) in [7, 11) is 0. The number of nitrogens with two attached hydrogens (primary N) is 1. The molecule has 2 unspecified atom stereocenters. The molecule has 2 aromatic rings. The Hall–Kier alpha value is -0.620. The first-order valence-corrected chi connectivity index (χ1v) is 8.17. The van der Waals surface area contributed by atoms with Crippen molar-refractivity contribution in [2.45, 2.75) is 25.5 Å². The molecule has 0 saturated heterocycles. The Morgan fingerprint density at radius 3 is 2.75 bits per heavy atom. The molecule has 0 aliphatic heterocycles. The van der Waals surface area contributed by atoms with Crippen LogP contribution in [0.3, 0.4) is 0 Å². The van der Waals surface area contributed by atoms with Crippen LogP contribution in [0.5, 0.6) is 5.75 Å². The van der Waals surface area contributed by atoms with E-state index in [4.69, 9.17) is 22.1 Å². The molecule has 108 valence electrons. The molecule has 6 heteroatoms. The lowest BCUT2D eigenvalue weighted by Gasteiger charge is -2.23. The molecule has 1 aromatic carbocycles. The maximum Gasteiger partial charge on any atom is 0.148 e. The van der Waals surface area contributed by atoms with Crippen LogP contribution in [0.2, 0.25) is 5.02 Å². The quantitative estimate of drug-likeness (QED) is 0.780. The average molecular weight is 379 g/mol. The minimum absolute atomic E-state index is 0.0404. The molecule has 1 heterocycles. The van der Waals surface area contributed by atoms with Crippen molar-refractivity contribution in [1.29, 1.82) is 0 Å². The van der Waals surface area contributed by atoms with E-state index < -0.39 is 5.82 Å². The van der Waals surface area contributed by atoms with Gasteiger partial charge in [-0.05, 0) is 40.5 Å². The van der Waals surface area contributed by atoms with Gasteiger partial charge in [-0.1, -0.05) is 18.5 Å². The Labute approximate surface area is 134 Å². The van der Waals surface area contributed by atoms with Gasteiger partial charge >= 0.3 is 0 Å². The molecule has 20 heavy (non-hydrogen) atoms. The highest BCUT2D eigenvalue weighted by Gasteiger charge is 2.22. The molecular weight excluding hydrogens is 365 g/mol. The van der Waals surface area contributed by atoms with Gasteiger partial charge in [-0.15, -0.1) is 11.3 Å². The summed E-state index contributed by atoms with van der Waals surface area (Å²) in [5, 5.41) is 2.02. The monoisotopic (exact) mass is 377 g/mol. The van der Waals surface area contributed by atoms with E-state index in [0.717, 1.165) is 15.8 Å². The molecule has 2 N–H and O–H groups in total. The minimum Gasteiger partial charge on any atom is -0.483 e. The number of hydrogen-bond donors (Lipinski definition) is 1. The maximum atomic E-state index is 13.2. The number of rotatable bonds is 5. The molecule has 0 spiro atoms. The summed E-state index contributed by atoms with van der Waals surface area (Å²) >= 11 is 10.8. The fourth-order valence-electron chi connectivity index (χ4n) is 1.74. The lowest BCUT2D eigenvalue weighted by molar-refractivity contribution is 0.174. The van der Waals surface area contributed by atoms with Gasteiger partial charge < -0.3 is 10.5 Å². The molecule has 0 aliphatic carbocycles. The van der Waals surface area contributed by atoms with Crippen LogP contribution in [-0.2, 0) is 0 Å². The minimum atomic E-state index is -0.464. The maximum absolute atomic E-state index is 13.2. The van der Waals surface area contributed by atoms with Gasteiger partial charge in [0.1, 0.15) is 17.7 Å². The van der Waals surface area contributed by atoms with Crippen molar-refractivity contribution in [3.05, 3.63) is 49.8 Å². The first-order valence-electron chi connectivity index (χ1n) is 6.12. The second-order valence-electron chi connectivity index (χ2n) is 4.35. The topological polar surface area (TPSA) is 35.2 Å². The van der Waals surface area contributed by atoms with E-state index in [1.54, 1.807) is 17.4 Å².